The van der Waals surface area contributed by atoms with Crippen LogP contribution < -0.4 is 9.47 Å². The van der Waals surface area contributed by atoms with Gasteiger partial charge in [0.2, 0.25) is 0 Å². The summed E-state index contributed by atoms with van der Waals surface area (Å²) in [5.41, 5.74) is 3.77. The second-order valence-electron chi connectivity index (χ2n) is 18.7. The number of hydrogen-bond donors (Lipinski definition) is 0. The zero-order chi connectivity index (χ0) is 51.9. The van der Waals surface area contributed by atoms with E-state index in [9.17, 15) is 14.4 Å². The molecule has 9 rings (SSSR count). The molecule has 7 aromatic rings. The van der Waals surface area contributed by atoms with Crippen molar-refractivity contribution in [3.8, 4) is 11.5 Å². The van der Waals surface area contributed by atoms with E-state index >= 15 is 0 Å². The van der Waals surface area contributed by atoms with Gasteiger partial charge in [-0.15, -0.1) is 6.58 Å². The zero-order valence-electron chi connectivity index (χ0n) is 42.5. The topological polar surface area (TPSA) is 127 Å². The van der Waals surface area contributed by atoms with Gasteiger partial charge in [0.15, 0.2) is 18.4 Å². The van der Waals surface area contributed by atoms with Crippen LogP contribution in [0.4, 0.5) is 0 Å². The van der Waals surface area contributed by atoms with E-state index in [1.165, 1.54) is 4.90 Å². The molecule has 0 bridgehead atoms. The Morgan fingerprint density at radius 2 is 1.27 bits per heavy atom. The summed E-state index contributed by atoms with van der Waals surface area (Å²) in [7, 11) is 1.33. The first kappa shape index (κ1) is 51.9. The van der Waals surface area contributed by atoms with E-state index < -0.39 is 44.6 Å². The lowest BCUT2D eigenvalue weighted by molar-refractivity contribution is -0.234. The highest BCUT2D eigenvalue weighted by Crippen LogP contribution is 2.52. The van der Waals surface area contributed by atoms with Crippen molar-refractivity contribution in [3.05, 3.63) is 216 Å². The van der Waals surface area contributed by atoms with Gasteiger partial charge in [-0.05, 0) is 111 Å². The van der Waals surface area contributed by atoms with Crippen LogP contribution in [-0.4, -0.2) is 96.3 Å². The number of hydrogen-bond acceptors (Lipinski definition) is 11. The molecule has 13 nitrogen and oxygen atoms in total. The molecule has 1 aromatic heterocycles. The lowest BCUT2D eigenvalue weighted by Crippen LogP contribution is -2.57. The van der Waals surface area contributed by atoms with Gasteiger partial charge in [-0.25, -0.2) is 9.46 Å². The summed E-state index contributed by atoms with van der Waals surface area (Å²) in [6.45, 7) is 12.6. The molecule has 0 aliphatic carbocycles. The Morgan fingerprint density at radius 1 is 0.730 bits per heavy atom. The van der Waals surface area contributed by atoms with Gasteiger partial charge in [0, 0.05) is 30.2 Å². The molecule has 1 saturated heterocycles. The van der Waals surface area contributed by atoms with Gasteiger partial charge in [0.05, 0.1) is 49.6 Å². The van der Waals surface area contributed by atoms with Gasteiger partial charge >= 0.3 is 5.97 Å². The molecule has 0 N–H and O–H groups in total. The Bertz CT molecular complexity index is 2960. The highest BCUT2D eigenvalue weighted by Gasteiger charge is 2.52. The minimum atomic E-state index is -1.92. The Hall–Kier alpha value is -6.96. The number of fused-ring (bicyclic) bond motifs is 2. The SMILES string of the molecule is C=CCOP(O[C@@H]1[C@H](OC(=O)c2ccccc2)[C@H](OC(c2ccccc2)(c2ccc(OC)cc2)c2ccc(OC)cc2)CO[C@H]1n1cc(CCN2C(=O)c3ccccc3C2=O)c2ccccc21)N(C(C)C)C(C)C. The summed E-state index contributed by atoms with van der Waals surface area (Å²) in [5, 5.41) is 0.890. The first-order chi connectivity index (χ1) is 36.0. The third kappa shape index (κ3) is 10.4. The number of benzene rings is 6. The lowest BCUT2D eigenvalue weighted by Gasteiger charge is -2.48. The Morgan fingerprint density at radius 3 is 1.84 bits per heavy atom. The molecule has 382 valence electrons. The van der Waals surface area contributed by atoms with Gasteiger partial charge < -0.3 is 37.3 Å². The highest BCUT2D eigenvalue weighted by molar-refractivity contribution is 7.44. The molecular weight excluding hydrogens is 954 g/mol. The number of imide groups is 1. The van der Waals surface area contributed by atoms with E-state index in [1.807, 2.05) is 120 Å². The molecule has 6 aromatic carbocycles. The van der Waals surface area contributed by atoms with E-state index in [1.54, 1.807) is 68.8 Å². The van der Waals surface area contributed by atoms with Crippen molar-refractivity contribution in [2.75, 3.05) is 34.0 Å². The monoisotopic (exact) mass is 1020 g/mol. The molecule has 2 amide bonds. The maximum Gasteiger partial charge on any atom is 0.338 e. The molecule has 0 radical (unpaired) electrons. The maximum absolute atomic E-state index is 14.8. The molecule has 74 heavy (non-hydrogen) atoms. The van der Waals surface area contributed by atoms with Crippen molar-refractivity contribution in [3.63, 3.8) is 0 Å². The molecule has 2 aliphatic heterocycles. The van der Waals surface area contributed by atoms with Crippen molar-refractivity contribution >= 4 is 37.2 Å². The third-order valence-electron chi connectivity index (χ3n) is 13.5. The average molecular weight is 1020 g/mol. The molecule has 0 saturated carbocycles. The fourth-order valence-corrected chi connectivity index (χ4v) is 11.8. The van der Waals surface area contributed by atoms with Crippen LogP contribution in [0.25, 0.3) is 10.9 Å². The summed E-state index contributed by atoms with van der Waals surface area (Å²) in [6, 6.07) is 49.0. The smallest absolute Gasteiger partial charge is 0.338 e. The van der Waals surface area contributed by atoms with Crippen LogP contribution in [0, 0.1) is 0 Å². The number of carbonyl (C=O) groups excluding carboxylic acids is 3. The second-order valence-corrected chi connectivity index (χ2v) is 20.1. The standard InChI is InChI=1S/C60H62N3O10P/c1-8-37-70-74(63(40(2)3)41(4)5)73-55-54(71-59(66)42-19-11-9-12-20-42)53(72-60(44-21-13-10-14-22-44,45-27-31-47(67-6)32-28-45)46-29-33-48(68-7)34-30-46)39-69-58(55)62-38-43(49-23-17-18-26-52(49)62)35-36-61-56(64)50-24-15-16-25-51(50)57(61)65/h8-34,38,40-41,53-55,58H,1,35-37,39H2,2-7H3/t53-,54-,55-,58-,74?/m1/s1. The molecule has 14 heteroatoms. The van der Waals surface area contributed by atoms with Gasteiger partial charge in [0.25, 0.3) is 20.3 Å². The van der Waals surface area contributed by atoms with Crippen molar-refractivity contribution in [2.45, 2.75) is 76.3 Å². The summed E-state index contributed by atoms with van der Waals surface area (Å²) in [4.78, 5) is 43.3. The van der Waals surface area contributed by atoms with Crippen LogP contribution in [0.1, 0.15) is 87.3 Å². The van der Waals surface area contributed by atoms with E-state index in [-0.39, 0.29) is 43.7 Å². The predicted molar refractivity (Wildman–Crippen MR) is 285 cm³/mol. The maximum atomic E-state index is 14.8. The van der Waals surface area contributed by atoms with Gasteiger partial charge in [-0.1, -0.05) is 109 Å². The largest absolute Gasteiger partial charge is 0.497 e. The third-order valence-corrected chi connectivity index (χ3v) is 15.6. The number of rotatable bonds is 21. The number of esters is 1. The Balaban J connectivity index is 1.21. The molecule has 0 spiro atoms. The fraction of sp³-hybridized carbons (Fsp3) is 0.283. The van der Waals surface area contributed by atoms with Gasteiger partial charge in [-0.3, -0.25) is 14.5 Å². The zero-order valence-corrected chi connectivity index (χ0v) is 43.4. The van der Waals surface area contributed by atoms with E-state index in [0.29, 0.717) is 34.6 Å². The first-order valence-electron chi connectivity index (χ1n) is 24.9. The van der Waals surface area contributed by atoms with Gasteiger partial charge in [0.1, 0.15) is 23.2 Å². The Kier molecular flexibility index (Phi) is 16.2. The van der Waals surface area contributed by atoms with E-state index in [4.69, 9.17) is 32.7 Å². The van der Waals surface area contributed by atoms with Crippen LogP contribution in [-0.2, 0) is 35.3 Å². The number of aromatic nitrogens is 1. The minimum absolute atomic E-state index is 0.0386. The Labute approximate surface area is 434 Å². The number of para-hydroxylation sites is 1. The molecule has 2 aliphatic rings. The second kappa shape index (κ2) is 23.1. The lowest BCUT2D eigenvalue weighted by atomic mass is 9.79. The fourth-order valence-electron chi connectivity index (χ4n) is 10.1. The van der Waals surface area contributed by atoms with Crippen molar-refractivity contribution in [2.24, 2.45) is 0 Å². The first-order valence-corrected chi connectivity index (χ1v) is 26.0. The van der Waals surface area contributed by atoms with Crippen LogP contribution in [0.2, 0.25) is 0 Å². The molecule has 5 atom stereocenters. The predicted octanol–water partition coefficient (Wildman–Crippen LogP) is 11.6. The number of methoxy groups -OCH3 is 2. The molecular formula is C60H62N3O10P. The highest BCUT2D eigenvalue weighted by atomic mass is 31.2. The number of amides is 2. The minimum Gasteiger partial charge on any atom is -0.497 e. The molecule has 1 unspecified atom stereocenters. The molecule has 3 heterocycles. The summed E-state index contributed by atoms with van der Waals surface area (Å²) in [5.74, 6) is 0.0872. The van der Waals surface area contributed by atoms with Crippen LogP contribution in [0.15, 0.2) is 177 Å². The van der Waals surface area contributed by atoms with Crippen molar-refractivity contribution in [1.82, 2.24) is 14.1 Å². The van der Waals surface area contributed by atoms with Crippen LogP contribution in [0.3, 0.4) is 0 Å². The molecule has 1 fully saturated rings. The van der Waals surface area contributed by atoms with Crippen LogP contribution in [0.5, 0.6) is 11.5 Å². The van der Waals surface area contributed by atoms with E-state index in [0.717, 1.165) is 33.2 Å². The average Bonchev–Trinajstić information content (AvgIpc) is 3.92. The number of ether oxygens (including phenoxy) is 5. The van der Waals surface area contributed by atoms with Crippen molar-refractivity contribution < 1.29 is 47.1 Å². The van der Waals surface area contributed by atoms with Gasteiger partial charge in [-0.2, -0.15) is 0 Å². The number of nitrogens with zero attached hydrogens (tertiary/aromatic N) is 3. The van der Waals surface area contributed by atoms with Crippen molar-refractivity contribution in [1.29, 1.82) is 0 Å². The van der Waals surface area contributed by atoms with E-state index in [2.05, 4.69) is 38.9 Å². The number of carbonyl (C=O) groups is 3. The van der Waals surface area contributed by atoms with Crippen LogP contribution >= 0.6 is 8.53 Å². The summed E-state index contributed by atoms with van der Waals surface area (Å²) < 4.78 is 51.5. The normalized spacial score (nSPS) is 18.3. The summed E-state index contributed by atoms with van der Waals surface area (Å²) in [6.07, 6.45) is -0.204. The quantitative estimate of drug-likeness (QED) is 0.0224. The summed E-state index contributed by atoms with van der Waals surface area (Å²) >= 11 is 0.